The summed E-state index contributed by atoms with van der Waals surface area (Å²) < 4.78 is 21.1. The standard InChI is InChI=1S/C25H29ClFN5O5/c1-13-14(2)31(9-7-29(13)3)23-19-22(20(26)21(28-23)18-16(27)5-4-6-17(18)33)37-12-15-11-30(25(35)36)8-10-32(15)24(19)34/h4-6,13-15,33H,7-12H2,1-3H3,(H,35,36)/t13?,14?,15-/m1/s1. The summed E-state index contributed by atoms with van der Waals surface area (Å²) in [5, 5.41) is 19.9. The normalized spacial score (nSPS) is 24.3. The average Bonchev–Trinajstić information content (AvgIpc) is 3.01. The number of rotatable bonds is 2. The first kappa shape index (κ1) is 25.3. The van der Waals surface area contributed by atoms with E-state index in [1.54, 1.807) is 4.90 Å². The van der Waals surface area contributed by atoms with Crippen molar-refractivity contribution in [3.8, 4) is 22.8 Å². The minimum absolute atomic E-state index is 0.00306. The second kappa shape index (κ2) is 9.53. The molecular weight excluding hydrogens is 505 g/mol. The van der Waals surface area contributed by atoms with Crippen LogP contribution in [0, 0.1) is 5.82 Å². The summed E-state index contributed by atoms with van der Waals surface area (Å²) in [4.78, 5) is 37.4. The molecule has 2 fully saturated rings. The highest BCUT2D eigenvalue weighted by atomic mass is 35.5. The average molecular weight is 534 g/mol. The molecule has 2 aromatic rings. The number of hydrogen-bond donors (Lipinski definition) is 2. The van der Waals surface area contributed by atoms with Crippen LogP contribution in [0.15, 0.2) is 18.2 Å². The number of piperazine rings is 2. The maximum Gasteiger partial charge on any atom is 0.407 e. The largest absolute Gasteiger partial charge is 0.507 e. The molecule has 2 unspecified atom stereocenters. The lowest BCUT2D eigenvalue weighted by atomic mass is 10.0. The van der Waals surface area contributed by atoms with Gasteiger partial charge in [-0.1, -0.05) is 17.7 Å². The number of likely N-dealkylation sites (N-methyl/N-ethyl adjacent to an activating group) is 1. The minimum Gasteiger partial charge on any atom is -0.507 e. The zero-order valence-electron chi connectivity index (χ0n) is 20.8. The Bertz CT molecular complexity index is 1240. The van der Waals surface area contributed by atoms with Gasteiger partial charge in [-0.25, -0.2) is 14.2 Å². The Morgan fingerprint density at radius 1 is 1.14 bits per heavy atom. The van der Waals surface area contributed by atoms with Gasteiger partial charge < -0.3 is 29.6 Å². The van der Waals surface area contributed by atoms with Gasteiger partial charge in [-0.2, -0.15) is 0 Å². The number of hydrogen-bond acceptors (Lipinski definition) is 7. The number of carbonyl (C=O) groups excluding carboxylic acids is 1. The van der Waals surface area contributed by atoms with Crippen molar-refractivity contribution in [3.05, 3.63) is 34.6 Å². The number of amides is 2. The highest BCUT2D eigenvalue weighted by Crippen LogP contribution is 2.46. The lowest BCUT2D eigenvalue weighted by molar-refractivity contribution is 0.0390. The molecule has 3 atom stereocenters. The van der Waals surface area contributed by atoms with Gasteiger partial charge in [0.15, 0.2) is 5.75 Å². The molecule has 10 nitrogen and oxygen atoms in total. The van der Waals surface area contributed by atoms with Crippen molar-refractivity contribution < 1.29 is 28.9 Å². The van der Waals surface area contributed by atoms with Crippen LogP contribution in [0.2, 0.25) is 5.02 Å². The maximum atomic E-state index is 15.0. The predicted molar refractivity (Wildman–Crippen MR) is 135 cm³/mol. The van der Waals surface area contributed by atoms with Crippen LogP contribution >= 0.6 is 11.6 Å². The Kier molecular flexibility index (Phi) is 6.53. The summed E-state index contributed by atoms with van der Waals surface area (Å²) in [5.74, 6) is -1.06. The molecule has 4 heterocycles. The monoisotopic (exact) mass is 533 g/mol. The molecule has 12 heteroatoms. The Hall–Kier alpha value is -3.31. The van der Waals surface area contributed by atoms with E-state index in [0.717, 1.165) is 0 Å². The fourth-order valence-corrected chi connectivity index (χ4v) is 5.63. The smallest absolute Gasteiger partial charge is 0.407 e. The number of phenols is 1. The van der Waals surface area contributed by atoms with E-state index in [0.29, 0.717) is 18.9 Å². The summed E-state index contributed by atoms with van der Waals surface area (Å²) in [6.07, 6.45) is -1.06. The number of benzene rings is 1. The minimum atomic E-state index is -1.06. The SMILES string of the molecule is CC1C(C)N(c2nc(-c3c(O)cccc3F)c(Cl)c3c2C(=O)N2CCN(C(=O)O)C[C@@H]2CO3)CCN1C. The highest BCUT2D eigenvalue weighted by Gasteiger charge is 2.42. The van der Waals surface area contributed by atoms with E-state index in [1.165, 1.54) is 23.1 Å². The second-order valence-corrected chi connectivity index (χ2v) is 10.2. The number of fused-ring (bicyclic) bond motifs is 2. The number of aromatic nitrogens is 1. The van der Waals surface area contributed by atoms with Crippen LogP contribution in [0.4, 0.5) is 15.0 Å². The topological polar surface area (TPSA) is 110 Å². The first-order valence-corrected chi connectivity index (χ1v) is 12.6. The Morgan fingerprint density at radius 2 is 1.86 bits per heavy atom. The summed E-state index contributed by atoms with van der Waals surface area (Å²) in [6.45, 7) is 5.83. The van der Waals surface area contributed by atoms with Crippen LogP contribution in [0.3, 0.4) is 0 Å². The van der Waals surface area contributed by atoms with Gasteiger partial charge in [0.25, 0.3) is 5.91 Å². The van der Waals surface area contributed by atoms with Crippen molar-refractivity contribution >= 4 is 29.4 Å². The first-order valence-electron chi connectivity index (χ1n) is 12.2. The van der Waals surface area contributed by atoms with E-state index in [1.807, 2.05) is 18.9 Å². The molecule has 198 valence electrons. The van der Waals surface area contributed by atoms with Crippen LogP contribution < -0.4 is 9.64 Å². The molecule has 0 bridgehead atoms. The third-order valence-corrected chi connectivity index (χ3v) is 8.15. The van der Waals surface area contributed by atoms with E-state index >= 15 is 0 Å². The van der Waals surface area contributed by atoms with Gasteiger partial charge in [0.05, 0.1) is 11.6 Å². The van der Waals surface area contributed by atoms with Crippen molar-refractivity contribution in [2.24, 2.45) is 0 Å². The fourth-order valence-electron chi connectivity index (χ4n) is 5.34. The Morgan fingerprint density at radius 3 is 2.57 bits per heavy atom. The van der Waals surface area contributed by atoms with Gasteiger partial charge in [0, 0.05) is 44.8 Å². The molecule has 1 aromatic heterocycles. The summed E-state index contributed by atoms with van der Waals surface area (Å²) in [7, 11) is 2.03. The number of carbonyl (C=O) groups is 2. The number of pyridine rings is 1. The number of phenolic OH excluding ortho intramolecular Hbond substituents is 1. The molecule has 3 aliphatic rings. The zero-order chi connectivity index (χ0) is 26.6. The molecule has 37 heavy (non-hydrogen) atoms. The molecule has 3 aliphatic heterocycles. The zero-order valence-corrected chi connectivity index (χ0v) is 21.6. The van der Waals surface area contributed by atoms with Crippen LogP contribution in [0.5, 0.6) is 11.5 Å². The molecule has 2 saturated heterocycles. The van der Waals surface area contributed by atoms with E-state index in [9.17, 15) is 24.2 Å². The van der Waals surface area contributed by atoms with Crippen molar-refractivity contribution in [1.82, 2.24) is 19.7 Å². The van der Waals surface area contributed by atoms with Gasteiger partial charge in [-0.15, -0.1) is 0 Å². The van der Waals surface area contributed by atoms with Crippen molar-refractivity contribution in [1.29, 1.82) is 0 Å². The molecule has 1 aromatic carbocycles. The first-order chi connectivity index (χ1) is 17.6. The van der Waals surface area contributed by atoms with Crippen LogP contribution in [0.25, 0.3) is 11.3 Å². The molecule has 2 amide bonds. The molecule has 0 saturated carbocycles. The maximum absolute atomic E-state index is 15.0. The van der Waals surface area contributed by atoms with Crippen LogP contribution in [0.1, 0.15) is 24.2 Å². The predicted octanol–water partition coefficient (Wildman–Crippen LogP) is 2.97. The van der Waals surface area contributed by atoms with E-state index < -0.39 is 18.0 Å². The summed E-state index contributed by atoms with van der Waals surface area (Å²) >= 11 is 6.75. The van der Waals surface area contributed by atoms with Gasteiger partial charge in [0.1, 0.15) is 40.3 Å². The fraction of sp³-hybridized carbons (Fsp3) is 0.480. The van der Waals surface area contributed by atoms with Crippen LogP contribution in [-0.2, 0) is 0 Å². The number of halogens is 2. The quantitative estimate of drug-likeness (QED) is 0.606. The lowest BCUT2D eigenvalue weighted by Crippen LogP contribution is -2.58. The molecule has 2 N–H and O–H groups in total. The molecule has 0 radical (unpaired) electrons. The molecule has 5 rings (SSSR count). The van der Waals surface area contributed by atoms with Crippen molar-refractivity contribution in [2.75, 3.05) is 51.3 Å². The number of anilines is 1. The molecular formula is C25H29ClFN5O5. The summed E-state index contributed by atoms with van der Waals surface area (Å²) in [6, 6.07) is 3.46. The van der Waals surface area contributed by atoms with Crippen molar-refractivity contribution in [3.63, 3.8) is 0 Å². The highest BCUT2D eigenvalue weighted by molar-refractivity contribution is 6.35. The number of nitrogens with zero attached hydrogens (tertiary/aromatic N) is 5. The molecule has 0 spiro atoms. The van der Waals surface area contributed by atoms with E-state index in [-0.39, 0.29) is 77.6 Å². The number of ether oxygens (including phenoxy) is 1. The van der Waals surface area contributed by atoms with Gasteiger partial charge >= 0.3 is 6.09 Å². The summed E-state index contributed by atoms with van der Waals surface area (Å²) in [5.41, 5.74) is -0.0365. The van der Waals surface area contributed by atoms with Crippen LogP contribution in [-0.4, -0.2) is 106 Å². The Balaban J connectivity index is 1.70. The van der Waals surface area contributed by atoms with E-state index in [4.69, 9.17) is 21.3 Å². The van der Waals surface area contributed by atoms with Gasteiger partial charge in [-0.05, 0) is 33.0 Å². The second-order valence-electron chi connectivity index (χ2n) is 9.78. The number of carboxylic acid groups (broad SMARTS) is 1. The molecule has 0 aliphatic carbocycles. The third-order valence-electron chi connectivity index (χ3n) is 7.80. The van der Waals surface area contributed by atoms with Gasteiger partial charge in [0.2, 0.25) is 0 Å². The van der Waals surface area contributed by atoms with Gasteiger partial charge in [-0.3, -0.25) is 9.69 Å². The lowest BCUT2D eigenvalue weighted by Gasteiger charge is -2.45. The van der Waals surface area contributed by atoms with E-state index in [2.05, 4.69) is 11.8 Å². The third kappa shape index (κ3) is 4.19. The Labute approximate surface area is 218 Å². The number of aromatic hydroxyl groups is 1. The van der Waals surface area contributed by atoms with Crippen molar-refractivity contribution in [2.45, 2.75) is 32.0 Å².